The van der Waals surface area contributed by atoms with Crippen LogP contribution < -0.4 is 4.72 Å². The molecule has 0 aliphatic heterocycles. The van der Waals surface area contributed by atoms with Crippen LogP contribution in [-0.2, 0) is 22.3 Å². The highest BCUT2D eigenvalue weighted by atomic mass is 32.2. The smallest absolute Gasteiger partial charge is 0.419 e. The van der Waals surface area contributed by atoms with Gasteiger partial charge in [-0.05, 0) is 62.9 Å². The lowest BCUT2D eigenvalue weighted by molar-refractivity contribution is -0.140. The van der Waals surface area contributed by atoms with Crippen LogP contribution in [0.3, 0.4) is 0 Å². The first kappa shape index (κ1) is 25.2. The second-order valence-electron chi connectivity index (χ2n) is 8.29. The number of hydrogen-bond acceptors (Lipinski definition) is 3. The Morgan fingerprint density at radius 3 is 2.23 bits per heavy atom. The Bertz CT molecular complexity index is 970. The van der Waals surface area contributed by atoms with Crippen molar-refractivity contribution < 1.29 is 32.0 Å². The summed E-state index contributed by atoms with van der Waals surface area (Å²) in [7, 11) is 0. The zero-order valence-electron chi connectivity index (χ0n) is 17.9. The fourth-order valence-electron chi connectivity index (χ4n) is 3.23. The van der Waals surface area contributed by atoms with E-state index in [-0.39, 0.29) is 11.1 Å². The normalized spacial score (nSPS) is 14.4. The maximum absolute atomic E-state index is 15.2. The van der Waals surface area contributed by atoms with Gasteiger partial charge in [0.2, 0.25) is 0 Å². The summed E-state index contributed by atoms with van der Waals surface area (Å²) in [5.41, 5.74) is -0.502. The summed E-state index contributed by atoms with van der Waals surface area (Å²) >= 11 is -1.85. The van der Waals surface area contributed by atoms with Crippen molar-refractivity contribution in [3.05, 3.63) is 58.4 Å². The minimum atomic E-state index is -5.00. The van der Waals surface area contributed by atoms with Gasteiger partial charge in [-0.25, -0.2) is 4.39 Å². The molecule has 0 heterocycles. The molecule has 0 saturated carbocycles. The Morgan fingerprint density at radius 2 is 1.74 bits per heavy atom. The highest BCUT2D eigenvalue weighted by molar-refractivity contribution is 7.90. The standard InChI is InChI=1S/C22H25F4NO3S/c1-12-8-6-7-9-14(12)15-10-16(22(24,25)26)20(23)19(13(15)2)17(11-18(28)29)27-31(30)21(3,4)5/h6-10,17,27H,11H2,1-5H3,(H,28,29)/t17?,31-/m1/s1. The fourth-order valence-corrected chi connectivity index (χ4v) is 4.04. The molecule has 170 valence electrons. The van der Waals surface area contributed by atoms with Gasteiger partial charge in [0.25, 0.3) is 0 Å². The molecule has 31 heavy (non-hydrogen) atoms. The number of halogens is 4. The first-order chi connectivity index (χ1) is 14.1. The van der Waals surface area contributed by atoms with Gasteiger partial charge in [0.15, 0.2) is 0 Å². The Kier molecular flexibility index (Phi) is 7.45. The summed E-state index contributed by atoms with van der Waals surface area (Å²) in [6, 6.07) is 6.03. The number of aliphatic carboxylic acids is 1. The predicted molar refractivity (Wildman–Crippen MR) is 112 cm³/mol. The molecule has 0 radical (unpaired) electrons. The van der Waals surface area contributed by atoms with Crippen molar-refractivity contribution in [2.75, 3.05) is 0 Å². The molecule has 0 fully saturated rings. The minimum Gasteiger partial charge on any atom is -0.598 e. The maximum atomic E-state index is 15.2. The van der Waals surface area contributed by atoms with Crippen molar-refractivity contribution in [1.29, 1.82) is 0 Å². The van der Waals surface area contributed by atoms with Crippen LogP contribution in [0.5, 0.6) is 0 Å². The molecule has 0 aliphatic rings. The largest absolute Gasteiger partial charge is 0.598 e. The van der Waals surface area contributed by atoms with Gasteiger partial charge in [0.05, 0.1) is 18.0 Å². The summed E-state index contributed by atoms with van der Waals surface area (Å²) in [6.07, 6.45) is -5.74. The van der Waals surface area contributed by atoms with Crippen molar-refractivity contribution in [3.63, 3.8) is 0 Å². The zero-order chi connectivity index (χ0) is 23.7. The molecule has 2 atom stereocenters. The van der Waals surface area contributed by atoms with Crippen LogP contribution in [0.15, 0.2) is 30.3 Å². The highest BCUT2D eigenvalue weighted by Gasteiger charge is 2.40. The second kappa shape index (κ2) is 9.18. The summed E-state index contributed by atoms with van der Waals surface area (Å²) < 4.78 is 70.6. The number of benzene rings is 2. The van der Waals surface area contributed by atoms with Crippen LogP contribution in [0, 0.1) is 19.7 Å². The van der Waals surface area contributed by atoms with Gasteiger partial charge in [0.1, 0.15) is 10.6 Å². The lowest BCUT2D eigenvalue weighted by atomic mass is 9.87. The van der Waals surface area contributed by atoms with Gasteiger partial charge in [-0.15, -0.1) is 4.72 Å². The molecular formula is C22H25F4NO3S. The molecule has 9 heteroatoms. The van der Waals surface area contributed by atoms with E-state index in [0.717, 1.165) is 6.07 Å². The van der Waals surface area contributed by atoms with E-state index >= 15 is 4.39 Å². The minimum absolute atomic E-state index is 0.139. The SMILES string of the molecule is Cc1ccccc1-c1cc(C(F)(F)F)c(F)c(C(CC(=O)O)N[S@+]([O-])C(C)(C)C)c1C. The van der Waals surface area contributed by atoms with E-state index < -0.39 is 57.7 Å². The van der Waals surface area contributed by atoms with Crippen LogP contribution in [0.4, 0.5) is 17.6 Å². The Labute approximate surface area is 182 Å². The Balaban J connectivity index is 2.82. The molecule has 0 aliphatic carbocycles. The van der Waals surface area contributed by atoms with E-state index in [1.807, 2.05) is 0 Å². The first-order valence-electron chi connectivity index (χ1n) is 9.50. The Morgan fingerprint density at radius 1 is 1.16 bits per heavy atom. The van der Waals surface area contributed by atoms with Gasteiger partial charge in [0, 0.05) is 16.9 Å². The fraction of sp³-hybridized carbons (Fsp3) is 0.409. The number of alkyl halides is 3. The van der Waals surface area contributed by atoms with Crippen molar-refractivity contribution in [1.82, 2.24) is 4.72 Å². The van der Waals surface area contributed by atoms with E-state index in [0.29, 0.717) is 11.1 Å². The molecule has 4 nitrogen and oxygen atoms in total. The van der Waals surface area contributed by atoms with Crippen molar-refractivity contribution in [2.45, 2.75) is 58.0 Å². The van der Waals surface area contributed by atoms with Crippen LogP contribution in [0.1, 0.15) is 55.5 Å². The average Bonchev–Trinajstić information content (AvgIpc) is 2.60. The lowest BCUT2D eigenvalue weighted by Gasteiger charge is -2.29. The summed E-state index contributed by atoms with van der Waals surface area (Å²) in [6.45, 7) is 8.00. The predicted octanol–water partition coefficient (Wildman–Crippen LogP) is 5.70. The number of carboxylic acids is 1. The summed E-state index contributed by atoms with van der Waals surface area (Å²) in [4.78, 5) is 11.4. The molecule has 1 unspecified atom stereocenters. The number of nitrogens with one attached hydrogen (secondary N) is 1. The Hall–Kier alpha value is -2.10. The van der Waals surface area contributed by atoms with Gasteiger partial charge >= 0.3 is 12.1 Å². The highest BCUT2D eigenvalue weighted by Crippen LogP contribution is 2.41. The third-order valence-electron chi connectivity index (χ3n) is 4.84. The summed E-state index contributed by atoms with van der Waals surface area (Å²) in [5, 5.41) is 9.32. The summed E-state index contributed by atoms with van der Waals surface area (Å²) in [5.74, 6) is -2.93. The van der Waals surface area contributed by atoms with Crippen LogP contribution in [0.2, 0.25) is 0 Å². The maximum Gasteiger partial charge on any atom is 0.419 e. The van der Waals surface area contributed by atoms with E-state index in [2.05, 4.69) is 4.72 Å². The first-order valence-corrected chi connectivity index (χ1v) is 10.7. The van der Waals surface area contributed by atoms with Gasteiger partial charge in [-0.1, -0.05) is 24.3 Å². The van der Waals surface area contributed by atoms with Gasteiger partial charge < -0.3 is 9.66 Å². The van der Waals surface area contributed by atoms with E-state index in [1.54, 1.807) is 52.0 Å². The quantitative estimate of drug-likeness (QED) is 0.430. The van der Waals surface area contributed by atoms with Gasteiger partial charge in [-0.3, -0.25) is 4.79 Å². The molecule has 0 bridgehead atoms. The van der Waals surface area contributed by atoms with Crippen molar-refractivity contribution >= 4 is 17.3 Å². The molecule has 2 N–H and O–H groups in total. The molecule has 2 aromatic carbocycles. The number of carbonyl (C=O) groups is 1. The molecular weight excluding hydrogens is 434 g/mol. The number of hydrogen-bond donors (Lipinski definition) is 2. The number of rotatable bonds is 6. The van der Waals surface area contributed by atoms with Crippen molar-refractivity contribution in [2.24, 2.45) is 0 Å². The molecule has 0 amide bonds. The molecule has 0 saturated heterocycles. The molecule has 0 spiro atoms. The van der Waals surface area contributed by atoms with Gasteiger partial charge in [-0.2, -0.15) is 13.2 Å². The topological polar surface area (TPSA) is 72.4 Å². The van der Waals surface area contributed by atoms with Crippen molar-refractivity contribution in [3.8, 4) is 11.1 Å². The monoisotopic (exact) mass is 459 g/mol. The third-order valence-corrected chi connectivity index (χ3v) is 6.45. The molecule has 2 rings (SSSR count). The number of carboxylic acid groups (broad SMARTS) is 1. The van der Waals surface area contributed by atoms with Crippen LogP contribution in [0.25, 0.3) is 11.1 Å². The molecule has 2 aromatic rings. The van der Waals surface area contributed by atoms with E-state index in [4.69, 9.17) is 0 Å². The van der Waals surface area contributed by atoms with Crippen LogP contribution in [-0.4, -0.2) is 20.4 Å². The zero-order valence-corrected chi connectivity index (χ0v) is 18.7. The van der Waals surface area contributed by atoms with E-state index in [1.165, 1.54) is 6.92 Å². The number of aryl methyl sites for hydroxylation is 1. The third kappa shape index (κ3) is 5.78. The lowest BCUT2D eigenvalue weighted by Crippen LogP contribution is -2.42. The van der Waals surface area contributed by atoms with E-state index in [9.17, 15) is 27.6 Å². The molecule has 0 aromatic heterocycles. The average molecular weight is 460 g/mol. The van der Waals surface area contributed by atoms with Crippen LogP contribution >= 0.6 is 0 Å². The second-order valence-corrected chi connectivity index (χ2v) is 10.3.